The second-order valence-electron chi connectivity index (χ2n) is 6.85. The minimum Gasteiger partial charge on any atom is -0.479 e. The molecule has 0 aromatic heterocycles. The summed E-state index contributed by atoms with van der Waals surface area (Å²) in [7, 11) is 1.55. The van der Waals surface area contributed by atoms with Gasteiger partial charge in [-0.3, -0.25) is 14.7 Å². The summed E-state index contributed by atoms with van der Waals surface area (Å²) in [5, 5.41) is 12.1. The van der Waals surface area contributed by atoms with E-state index < -0.39 is 31.3 Å². The summed E-state index contributed by atoms with van der Waals surface area (Å²) in [5.74, 6) is -2.24. The van der Waals surface area contributed by atoms with E-state index in [-0.39, 0.29) is 6.41 Å². The number of rotatable bonds is 11. The fourth-order valence-electron chi connectivity index (χ4n) is 2.79. The van der Waals surface area contributed by atoms with Crippen LogP contribution in [0.15, 0.2) is 28.7 Å². The molecule has 7 nitrogen and oxygen atoms in total. The summed E-state index contributed by atoms with van der Waals surface area (Å²) in [6, 6.07) is 0. The van der Waals surface area contributed by atoms with Gasteiger partial charge in [-0.25, -0.2) is 8.78 Å². The number of aliphatic imine (C=N–C) groups is 1. The summed E-state index contributed by atoms with van der Waals surface area (Å²) in [4.78, 5) is 16.1. The van der Waals surface area contributed by atoms with Gasteiger partial charge >= 0.3 is 0 Å². The van der Waals surface area contributed by atoms with Crippen molar-refractivity contribution >= 4 is 12.2 Å². The monoisotopic (exact) mass is 401 g/mol. The lowest BCUT2D eigenvalue weighted by Crippen LogP contribution is -2.42. The molecular weight excluding hydrogens is 372 g/mol. The third-order valence-corrected chi connectivity index (χ3v) is 4.48. The van der Waals surface area contributed by atoms with Crippen LogP contribution in [-0.2, 0) is 14.3 Å². The van der Waals surface area contributed by atoms with Gasteiger partial charge in [0, 0.05) is 19.7 Å². The summed E-state index contributed by atoms with van der Waals surface area (Å²) in [5.41, 5.74) is 1.15. The first-order chi connectivity index (χ1) is 13.4. The van der Waals surface area contributed by atoms with Crippen LogP contribution in [0.3, 0.4) is 0 Å². The Hall–Kier alpha value is -2.00. The smallest absolute Gasteiger partial charge is 0.294 e. The third-order valence-electron chi connectivity index (χ3n) is 4.48. The minimum absolute atomic E-state index is 0.267. The maximum absolute atomic E-state index is 14.1. The Balaban J connectivity index is 1.99. The summed E-state index contributed by atoms with van der Waals surface area (Å²) in [6.07, 6.45) is 4.48. The molecule has 2 atom stereocenters. The number of unbranched alkanes of at least 4 members (excludes halogenated alkanes) is 2. The van der Waals surface area contributed by atoms with Crippen molar-refractivity contribution in [3.05, 3.63) is 23.7 Å². The Bertz CT molecular complexity index is 616. The minimum atomic E-state index is -3.25. The number of hydrogen-bond donors (Lipinski definition) is 2. The standard InChI is InChI=1S/C19H29F2N3O4/c1-3-4-5-10-27-17(14-6-7-14)23-16(22-2)8-9-24(13-26)18-19(20,21)11-15(12-25)28-18/h8-9,13,15,18,25H,3-7,10-12H2,1-2H3,(H,22,23)/b9-8-/t15?,18-/m1/s1. The van der Waals surface area contributed by atoms with Crippen LogP contribution in [0.5, 0.6) is 0 Å². The highest BCUT2D eigenvalue weighted by atomic mass is 19.3. The first kappa shape index (κ1) is 22.3. The Labute approximate surface area is 164 Å². The van der Waals surface area contributed by atoms with Gasteiger partial charge in [0.2, 0.25) is 12.6 Å². The molecule has 1 amide bonds. The van der Waals surface area contributed by atoms with Crippen molar-refractivity contribution in [2.45, 2.75) is 63.7 Å². The van der Waals surface area contributed by atoms with E-state index >= 15 is 0 Å². The molecule has 2 aliphatic rings. The predicted molar refractivity (Wildman–Crippen MR) is 101 cm³/mol. The average molecular weight is 401 g/mol. The fraction of sp³-hybridized carbons (Fsp3) is 0.684. The van der Waals surface area contributed by atoms with E-state index in [9.17, 15) is 13.6 Å². The Kier molecular flexibility index (Phi) is 8.37. The van der Waals surface area contributed by atoms with Gasteiger partial charge in [0.1, 0.15) is 5.84 Å². The van der Waals surface area contributed by atoms with E-state index in [0.717, 1.165) is 42.6 Å². The highest BCUT2D eigenvalue weighted by Crippen LogP contribution is 2.37. The molecule has 0 aromatic rings. The van der Waals surface area contributed by atoms with Crippen LogP contribution in [0.1, 0.15) is 45.4 Å². The zero-order valence-corrected chi connectivity index (χ0v) is 16.4. The number of ether oxygens (including phenoxy) is 2. The highest BCUT2D eigenvalue weighted by Gasteiger charge is 2.52. The molecule has 158 valence electrons. The van der Waals surface area contributed by atoms with E-state index in [2.05, 4.69) is 17.2 Å². The van der Waals surface area contributed by atoms with Gasteiger partial charge in [-0.1, -0.05) is 19.8 Å². The Morgan fingerprint density at radius 3 is 2.75 bits per heavy atom. The van der Waals surface area contributed by atoms with Crippen molar-refractivity contribution in [2.75, 3.05) is 20.3 Å². The molecule has 1 aliphatic carbocycles. The first-order valence-corrected chi connectivity index (χ1v) is 9.58. The molecule has 2 N–H and O–H groups in total. The number of aliphatic hydroxyl groups excluding tert-OH is 1. The number of alkyl halides is 2. The fourth-order valence-corrected chi connectivity index (χ4v) is 2.79. The quantitative estimate of drug-likeness (QED) is 0.183. The molecule has 1 saturated heterocycles. The van der Waals surface area contributed by atoms with Crippen LogP contribution < -0.4 is 5.32 Å². The molecule has 2 fully saturated rings. The van der Waals surface area contributed by atoms with Crippen molar-refractivity contribution < 1.29 is 28.2 Å². The van der Waals surface area contributed by atoms with Crippen LogP contribution in [-0.4, -0.2) is 60.8 Å². The number of aliphatic hydroxyl groups is 1. The normalized spacial score (nSPS) is 23.8. The lowest BCUT2D eigenvalue weighted by atomic mass is 10.2. The summed E-state index contributed by atoms with van der Waals surface area (Å²) >= 11 is 0. The molecule has 0 radical (unpaired) electrons. The van der Waals surface area contributed by atoms with Crippen molar-refractivity contribution in [1.82, 2.24) is 10.2 Å². The number of carbonyl (C=O) groups is 1. The van der Waals surface area contributed by atoms with Crippen LogP contribution in [0.25, 0.3) is 0 Å². The molecule has 0 spiro atoms. The summed E-state index contributed by atoms with van der Waals surface area (Å²) in [6.45, 7) is 2.17. The number of amidine groups is 1. The second-order valence-corrected chi connectivity index (χ2v) is 6.85. The highest BCUT2D eigenvalue weighted by molar-refractivity contribution is 5.94. The van der Waals surface area contributed by atoms with Gasteiger partial charge in [-0.05, 0) is 30.9 Å². The van der Waals surface area contributed by atoms with Gasteiger partial charge in [-0.2, -0.15) is 0 Å². The number of nitrogens with zero attached hydrogens (tertiary/aromatic N) is 2. The maximum Gasteiger partial charge on any atom is 0.294 e. The van der Waals surface area contributed by atoms with Crippen molar-refractivity contribution in [2.24, 2.45) is 4.99 Å². The lowest BCUT2D eigenvalue weighted by molar-refractivity contribution is -0.154. The first-order valence-electron chi connectivity index (χ1n) is 9.58. The predicted octanol–water partition coefficient (Wildman–Crippen LogP) is 2.53. The second kappa shape index (κ2) is 10.5. The molecule has 0 aromatic carbocycles. The van der Waals surface area contributed by atoms with E-state index in [1.165, 1.54) is 12.3 Å². The SMILES string of the molecule is CCCCCOC(NC(/C=C\N(C=O)[C@@H]1OC(CO)CC1(F)F)=NC)=C1CC1. The number of amides is 1. The zero-order valence-electron chi connectivity index (χ0n) is 16.4. The number of allylic oxidation sites excluding steroid dienone is 1. The lowest BCUT2D eigenvalue weighted by Gasteiger charge is -2.25. The van der Waals surface area contributed by atoms with E-state index in [0.29, 0.717) is 18.3 Å². The number of halogens is 2. The Morgan fingerprint density at radius 1 is 1.46 bits per heavy atom. The number of hydrogen-bond acceptors (Lipinski definition) is 5. The van der Waals surface area contributed by atoms with Crippen molar-refractivity contribution in [3.63, 3.8) is 0 Å². The molecule has 9 heteroatoms. The largest absolute Gasteiger partial charge is 0.479 e. The van der Waals surface area contributed by atoms with Gasteiger partial charge < -0.3 is 19.9 Å². The van der Waals surface area contributed by atoms with Crippen LogP contribution in [0, 0.1) is 0 Å². The zero-order chi connectivity index (χ0) is 20.6. The molecule has 2 rings (SSSR count). The number of carbonyl (C=O) groups excluding carboxylic acids is 1. The molecule has 1 heterocycles. The van der Waals surface area contributed by atoms with Crippen molar-refractivity contribution in [3.8, 4) is 0 Å². The molecular formula is C19H29F2N3O4. The van der Waals surface area contributed by atoms with Gasteiger partial charge in [0.25, 0.3) is 5.92 Å². The summed E-state index contributed by atoms with van der Waals surface area (Å²) < 4.78 is 39.0. The topological polar surface area (TPSA) is 83.4 Å². The van der Waals surface area contributed by atoms with Crippen LogP contribution in [0.2, 0.25) is 0 Å². The molecule has 1 aliphatic heterocycles. The molecule has 1 unspecified atom stereocenters. The van der Waals surface area contributed by atoms with E-state index in [1.54, 1.807) is 7.05 Å². The van der Waals surface area contributed by atoms with E-state index in [1.807, 2.05) is 0 Å². The maximum atomic E-state index is 14.1. The Morgan fingerprint density at radius 2 is 2.21 bits per heavy atom. The van der Waals surface area contributed by atoms with Gasteiger partial charge in [0.15, 0.2) is 5.88 Å². The van der Waals surface area contributed by atoms with E-state index in [4.69, 9.17) is 14.6 Å². The van der Waals surface area contributed by atoms with Crippen molar-refractivity contribution in [1.29, 1.82) is 0 Å². The van der Waals surface area contributed by atoms with Gasteiger partial charge in [0.05, 0.1) is 19.3 Å². The van der Waals surface area contributed by atoms with Crippen LogP contribution in [0.4, 0.5) is 8.78 Å². The van der Waals surface area contributed by atoms with Gasteiger partial charge in [-0.15, -0.1) is 0 Å². The van der Waals surface area contributed by atoms with Crippen LogP contribution >= 0.6 is 0 Å². The molecule has 1 saturated carbocycles. The average Bonchev–Trinajstić information content (AvgIpc) is 3.47. The third kappa shape index (κ3) is 6.27. The molecule has 28 heavy (non-hydrogen) atoms. The number of nitrogens with one attached hydrogen (secondary N) is 1. The molecule has 0 bridgehead atoms.